The first-order valence-corrected chi connectivity index (χ1v) is 13.6. The van der Waals surface area contributed by atoms with Crippen molar-refractivity contribution in [2.75, 3.05) is 31.5 Å². The quantitative estimate of drug-likeness (QED) is 0.136. The van der Waals surface area contributed by atoms with Crippen LogP contribution in [0, 0.1) is 0 Å². The number of nitrogens with one attached hydrogen (secondary N) is 2. The van der Waals surface area contributed by atoms with E-state index < -0.39 is 35.0 Å². The monoisotopic (exact) mass is 607 g/mol. The van der Waals surface area contributed by atoms with Crippen LogP contribution in [0.2, 0.25) is 0 Å². The van der Waals surface area contributed by atoms with Crippen molar-refractivity contribution in [3.63, 3.8) is 0 Å². The zero-order valence-corrected chi connectivity index (χ0v) is 23.9. The molecular formula is C28H36F3N7O3S. The van der Waals surface area contributed by atoms with E-state index in [0.29, 0.717) is 25.1 Å². The number of aromatic nitrogens is 1. The molecule has 228 valence electrons. The Morgan fingerprint density at radius 1 is 1.07 bits per heavy atom. The maximum absolute atomic E-state index is 12.7. The third-order valence-electron chi connectivity index (χ3n) is 6.13. The second-order valence-corrected chi connectivity index (χ2v) is 9.86. The van der Waals surface area contributed by atoms with E-state index in [0.717, 1.165) is 28.7 Å². The Morgan fingerprint density at radius 2 is 1.71 bits per heavy atom. The molecule has 3 rings (SSSR count). The summed E-state index contributed by atoms with van der Waals surface area (Å²) >= 11 is 4.38. The highest BCUT2D eigenvalue weighted by molar-refractivity contribution is 7.80. The minimum Gasteiger partial charge on any atom is -0.351 e. The lowest BCUT2D eigenvalue weighted by molar-refractivity contribution is -0.137. The topological polar surface area (TPSA) is 169 Å². The van der Waals surface area contributed by atoms with E-state index in [1.165, 1.54) is 17.0 Å². The third kappa shape index (κ3) is 10.6. The number of nitrogens with two attached hydrogens (primary N) is 3. The number of rotatable bonds is 12. The summed E-state index contributed by atoms with van der Waals surface area (Å²) < 4.78 is 38.0. The predicted octanol–water partition coefficient (Wildman–Crippen LogP) is 2.45. The van der Waals surface area contributed by atoms with Gasteiger partial charge in [-0.3, -0.25) is 19.4 Å². The molecule has 10 nitrogen and oxygen atoms in total. The molecule has 0 bridgehead atoms. The first-order chi connectivity index (χ1) is 19.9. The van der Waals surface area contributed by atoms with E-state index in [9.17, 15) is 27.6 Å². The van der Waals surface area contributed by atoms with E-state index in [4.69, 9.17) is 17.2 Å². The van der Waals surface area contributed by atoms with Crippen molar-refractivity contribution in [3.8, 4) is 0 Å². The molecular weight excluding hydrogens is 571 g/mol. The van der Waals surface area contributed by atoms with E-state index in [1.54, 1.807) is 13.1 Å². The Hall–Kier alpha value is -3.72. The summed E-state index contributed by atoms with van der Waals surface area (Å²) in [4.78, 5) is 40.3. The lowest BCUT2D eigenvalue weighted by Gasteiger charge is -2.25. The average Bonchev–Trinajstić information content (AvgIpc) is 2.96. The molecule has 0 saturated carbocycles. The van der Waals surface area contributed by atoms with Crippen molar-refractivity contribution in [2.45, 2.75) is 36.9 Å². The van der Waals surface area contributed by atoms with Gasteiger partial charge in [-0.1, -0.05) is 18.2 Å². The lowest BCUT2D eigenvalue weighted by atomic mass is 10.0. The zero-order valence-electron chi connectivity index (χ0n) is 23.1. The molecule has 14 heteroatoms. The molecule has 0 fully saturated rings. The van der Waals surface area contributed by atoms with Gasteiger partial charge in [0.25, 0.3) is 0 Å². The molecule has 8 N–H and O–H groups in total. The Balaban J connectivity index is 0.000000389. The number of pyridine rings is 1. The van der Waals surface area contributed by atoms with Gasteiger partial charge in [-0.05, 0) is 48.9 Å². The number of thiol groups is 1. The SMILES string of the molecule is CC(NC(=O)C(N)CC(=O)N(CCN)CCN)C(S)c1ccc(C(F)(F)F)cc1.O=CNc1ccc2ncccc2c1. The summed E-state index contributed by atoms with van der Waals surface area (Å²) in [6.07, 6.45) is -2.23. The van der Waals surface area contributed by atoms with Gasteiger partial charge in [0.2, 0.25) is 18.2 Å². The van der Waals surface area contributed by atoms with Crippen LogP contribution >= 0.6 is 12.6 Å². The molecule has 3 unspecified atom stereocenters. The number of hydrogen-bond acceptors (Lipinski definition) is 8. The van der Waals surface area contributed by atoms with Gasteiger partial charge >= 0.3 is 6.18 Å². The summed E-state index contributed by atoms with van der Waals surface area (Å²) in [6, 6.07) is 12.3. The molecule has 1 heterocycles. The van der Waals surface area contributed by atoms with Gasteiger partial charge < -0.3 is 32.7 Å². The molecule has 3 aromatic rings. The van der Waals surface area contributed by atoms with Crippen molar-refractivity contribution in [1.29, 1.82) is 0 Å². The second-order valence-electron chi connectivity index (χ2n) is 9.30. The lowest BCUT2D eigenvalue weighted by Crippen LogP contribution is -2.49. The van der Waals surface area contributed by atoms with Gasteiger partial charge in [0.15, 0.2) is 0 Å². The number of fused-ring (bicyclic) bond motifs is 1. The predicted molar refractivity (Wildman–Crippen MR) is 159 cm³/mol. The molecule has 0 aliphatic rings. The maximum Gasteiger partial charge on any atom is 0.416 e. The van der Waals surface area contributed by atoms with Crippen LogP contribution in [0.15, 0.2) is 60.8 Å². The van der Waals surface area contributed by atoms with Gasteiger partial charge in [-0.15, -0.1) is 0 Å². The number of carbonyl (C=O) groups excluding carboxylic acids is 3. The fraction of sp³-hybridized carbons (Fsp3) is 0.357. The van der Waals surface area contributed by atoms with E-state index >= 15 is 0 Å². The van der Waals surface area contributed by atoms with Gasteiger partial charge in [0.05, 0.1) is 23.5 Å². The van der Waals surface area contributed by atoms with E-state index in [2.05, 4.69) is 28.2 Å². The third-order valence-corrected chi connectivity index (χ3v) is 6.88. The largest absolute Gasteiger partial charge is 0.416 e. The van der Waals surface area contributed by atoms with Crippen LogP contribution in [0.1, 0.15) is 29.7 Å². The Bertz CT molecular complexity index is 1310. The molecule has 0 aliphatic heterocycles. The maximum atomic E-state index is 12.7. The molecule has 0 spiro atoms. The molecule has 1 aromatic heterocycles. The van der Waals surface area contributed by atoms with Gasteiger partial charge in [-0.25, -0.2) is 0 Å². The van der Waals surface area contributed by atoms with Crippen LogP contribution < -0.4 is 27.8 Å². The van der Waals surface area contributed by atoms with Crippen molar-refractivity contribution in [2.24, 2.45) is 17.2 Å². The number of amides is 3. The highest BCUT2D eigenvalue weighted by Crippen LogP contribution is 2.31. The highest BCUT2D eigenvalue weighted by Gasteiger charge is 2.30. The van der Waals surface area contributed by atoms with Crippen molar-refractivity contribution in [3.05, 3.63) is 71.9 Å². The van der Waals surface area contributed by atoms with Gasteiger partial charge in [0.1, 0.15) is 0 Å². The summed E-state index contributed by atoms with van der Waals surface area (Å²) in [5.41, 5.74) is 18.2. The zero-order chi connectivity index (χ0) is 31.3. The van der Waals surface area contributed by atoms with Crippen LogP contribution in [0.4, 0.5) is 18.9 Å². The molecule has 0 aliphatic carbocycles. The number of halogens is 3. The van der Waals surface area contributed by atoms with Crippen LogP contribution in [0.5, 0.6) is 0 Å². The minimum atomic E-state index is -4.43. The minimum absolute atomic E-state index is 0.212. The fourth-order valence-electron chi connectivity index (χ4n) is 3.88. The van der Waals surface area contributed by atoms with Crippen molar-refractivity contribution < 1.29 is 27.6 Å². The standard InChI is InChI=1S/C18H28F3N5O2S.C10H8N2O/c1-11(16(29)12-2-4-13(5-3-12)18(19,20)21)25-17(28)14(24)10-15(27)26(8-6-22)9-7-23;13-7-12-9-3-4-10-8(6-9)2-1-5-11-10/h2-5,11,14,16,29H,6-10,22-24H2,1H3,(H,25,28);1-7H,(H,12,13). The average molecular weight is 608 g/mol. The summed E-state index contributed by atoms with van der Waals surface area (Å²) in [7, 11) is 0. The highest BCUT2D eigenvalue weighted by atomic mass is 32.1. The molecule has 0 saturated heterocycles. The molecule has 3 amide bonds. The Kier molecular flexibility index (Phi) is 13.7. The number of nitrogens with zero attached hydrogens (tertiary/aromatic N) is 2. The van der Waals surface area contributed by atoms with E-state index in [1.807, 2.05) is 30.3 Å². The van der Waals surface area contributed by atoms with Crippen molar-refractivity contribution >= 4 is 47.4 Å². The number of benzene rings is 2. The number of hydrogen-bond donors (Lipinski definition) is 6. The smallest absolute Gasteiger partial charge is 0.351 e. The van der Waals surface area contributed by atoms with Gasteiger partial charge in [0, 0.05) is 54.7 Å². The Morgan fingerprint density at radius 3 is 2.29 bits per heavy atom. The normalized spacial score (nSPS) is 13.2. The van der Waals surface area contributed by atoms with Gasteiger partial charge in [-0.2, -0.15) is 25.8 Å². The Labute approximate surface area is 247 Å². The first kappa shape index (κ1) is 34.5. The summed E-state index contributed by atoms with van der Waals surface area (Å²) in [6.45, 7) is 2.80. The fourth-order valence-corrected chi connectivity index (χ4v) is 4.13. The molecule has 3 atom stereocenters. The van der Waals surface area contributed by atoms with Crippen LogP contribution in [0.25, 0.3) is 10.9 Å². The molecule has 2 aromatic carbocycles. The van der Waals surface area contributed by atoms with Crippen molar-refractivity contribution in [1.82, 2.24) is 15.2 Å². The van der Waals surface area contributed by atoms with Crippen LogP contribution in [-0.2, 0) is 20.6 Å². The van der Waals surface area contributed by atoms with Crippen LogP contribution in [0.3, 0.4) is 0 Å². The number of alkyl halides is 3. The summed E-state index contributed by atoms with van der Waals surface area (Å²) in [5.74, 6) is -0.890. The van der Waals surface area contributed by atoms with E-state index in [-0.39, 0.29) is 25.4 Å². The molecule has 0 radical (unpaired) electrons. The molecule has 42 heavy (non-hydrogen) atoms. The second kappa shape index (κ2) is 16.7. The first-order valence-electron chi connectivity index (χ1n) is 13.0. The number of carbonyl (C=O) groups is 3. The summed E-state index contributed by atoms with van der Waals surface area (Å²) in [5, 5.41) is 5.70. The van der Waals surface area contributed by atoms with Crippen LogP contribution in [-0.4, -0.2) is 66.4 Å². The number of anilines is 1.